The van der Waals surface area contributed by atoms with Crippen molar-refractivity contribution in [2.75, 3.05) is 4.90 Å². The van der Waals surface area contributed by atoms with Crippen LogP contribution in [0.4, 0.5) is 17.1 Å². The minimum absolute atomic E-state index is 0.762. The highest BCUT2D eigenvalue weighted by Crippen LogP contribution is 2.56. The Morgan fingerprint density at radius 2 is 1.06 bits per heavy atom. The van der Waals surface area contributed by atoms with Crippen LogP contribution >= 0.6 is 0 Å². The third kappa shape index (κ3) is 3.38. The third-order valence-electron chi connectivity index (χ3n) is 8.59. The lowest BCUT2D eigenvalue weighted by Crippen LogP contribution is -2.25. The lowest BCUT2D eigenvalue weighted by molar-refractivity contribution is 0.166. The first-order valence-electron chi connectivity index (χ1n) is 13.0. The molecule has 0 saturated heterocycles. The van der Waals surface area contributed by atoms with E-state index in [4.69, 9.17) is 0 Å². The number of anilines is 3. The lowest BCUT2D eigenvalue weighted by atomic mass is 9.67. The lowest BCUT2D eigenvalue weighted by Gasteiger charge is -2.38. The molecule has 0 heterocycles. The highest BCUT2D eigenvalue weighted by atomic mass is 15.1. The van der Waals surface area contributed by atoms with Crippen molar-refractivity contribution in [2.45, 2.75) is 43.9 Å². The fourth-order valence-corrected chi connectivity index (χ4v) is 7.32. The van der Waals surface area contributed by atoms with Crippen LogP contribution in [-0.2, 0) is 0 Å². The molecule has 2 unspecified atom stereocenters. The zero-order valence-electron chi connectivity index (χ0n) is 19.6. The maximum absolute atomic E-state index is 2.57. The molecule has 168 valence electrons. The van der Waals surface area contributed by atoms with E-state index in [9.17, 15) is 0 Å². The summed E-state index contributed by atoms with van der Waals surface area (Å²) < 4.78 is 0. The molecule has 8 rings (SSSR count). The molecule has 0 amide bonds. The Morgan fingerprint density at radius 1 is 0.500 bits per heavy atom. The van der Waals surface area contributed by atoms with Crippen molar-refractivity contribution in [1.29, 1.82) is 0 Å². The van der Waals surface area contributed by atoms with Crippen LogP contribution in [0.1, 0.15) is 55.1 Å². The minimum atomic E-state index is 0.762. The molecule has 1 nitrogen and oxygen atoms in total. The predicted molar refractivity (Wildman–Crippen MR) is 142 cm³/mol. The molecular formula is C33H31N. The number of hydrogen-bond donors (Lipinski definition) is 0. The molecule has 4 aliphatic carbocycles. The fraction of sp³-hybridized carbons (Fsp3) is 0.273. The van der Waals surface area contributed by atoms with Crippen molar-refractivity contribution >= 4 is 17.1 Å². The van der Waals surface area contributed by atoms with Gasteiger partial charge in [0.15, 0.2) is 0 Å². The molecule has 0 radical (unpaired) electrons. The number of rotatable bonds is 4. The highest BCUT2D eigenvalue weighted by Gasteiger charge is 2.42. The molecule has 4 aliphatic rings. The molecule has 0 aromatic heterocycles. The zero-order chi connectivity index (χ0) is 22.5. The number of benzene rings is 4. The van der Waals surface area contributed by atoms with Crippen molar-refractivity contribution in [1.82, 2.24) is 0 Å². The Labute approximate surface area is 203 Å². The van der Waals surface area contributed by atoms with Crippen LogP contribution in [0.3, 0.4) is 0 Å². The fourth-order valence-electron chi connectivity index (χ4n) is 7.32. The second-order valence-electron chi connectivity index (χ2n) is 10.7. The van der Waals surface area contributed by atoms with Crippen LogP contribution in [0, 0.1) is 11.8 Å². The molecule has 4 bridgehead atoms. The van der Waals surface area contributed by atoms with Crippen LogP contribution in [0.2, 0.25) is 0 Å². The first kappa shape index (κ1) is 20.1. The van der Waals surface area contributed by atoms with Gasteiger partial charge in [0.1, 0.15) is 0 Å². The van der Waals surface area contributed by atoms with Crippen LogP contribution in [-0.4, -0.2) is 0 Å². The van der Waals surface area contributed by atoms with Crippen molar-refractivity contribution in [3.63, 3.8) is 0 Å². The van der Waals surface area contributed by atoms with Crippen LogP contribution in [0.25, 0.3) is 11.1 Å². The predicted octanol–water partition coefficient (Wildman–Crippen LogP) is 9.21. The number of nitrogens with zero attached hydrogens (tertiary/aromatic N) is 1. The van der Waals surface area contributed by atoms with E-state index in [1.165, 1.54) is 60.3 Å². The summed E-state index contributed by atoms with van der Waals surface area (Å²) in [4.78, 5) is 2.40. The Hall–Kier alpha value is -3.32. The molecule has 0 aliphatic heterocycles. The minimum Gasteiger partial charge on any atom is -0.310 e. The monoisotopic (exact) mass is 441 g/mol. The number of hydrogen-bond acceptors (Lipinski definition) is 1. The molecule has 2 fully saturated rings. The molecule has 4 aromatic carbocycles. The zero-order valence-corrected chi connectivity index (χ0v) is 19.6. The smallest absolute Gasteiger partial charge is 0.0540 e. The summed E-state index contributed by atoms with van der Waals surface area (Å²) in [5.41, 5.74) is 9.60. The van der Waals surface area contributed by atoms with E-state index in [0.717, 1.165) is 23.7 Å². The summed E-state index contributed by atoms with van der Waals surface area (Å²) in [5, 5.41) is 0. The van der Waals surface area contributed by atoms with Crippen molar-refractivity contribution < 1.29 is 0 Å². The van der Waals surface area contributed by atoms with E-state index in [0.29, 0.717) is 0 Å². The molecule has 4 aromatic rings. The highest BCUT2D eigenvalue weighted by molar-refractivity contribution is 5.88. The second kappa shape index (κ2) is 8.17. The quantitative estimate of drug-likeness (QED) is 0.305. The van der Waals surface area contributed by atoms with E-state index in [2.05, 4.69) is 108 Å². The maximum atomic E-state index is 2.57. The molecule has 0 N–H and O–H groups in total. The molecule has 34 heavy (non-hydrogen) atoms. The standard InChI is InChI=1S/C33H31N/c1-3-9-28(10-4-1)34(29-11-5-2-6-12-29)33-14-8-7-13-31(33)25-15-16-30-26-18-23-17-24(19-26)21-27(20-23)32(30)22-25/h1-16,22-24,26-27H,17-21H2. The van der Waals surface area contributed by atoms with Gasteiger partial charge in [-0.2, -0.15) is 0 Å². The van der Waals surface area contributed by atoms with Gasteiger partial charge < -0.3 is 4.90 Å². The van der Waals surface area contributed by atoms with Gasteiger partial charge in [0.05, 0.1) is 5.69 Å². The summed E-state index contributed by atoms with van der Waals surface area (Å²) in [6.07, 6.45) is 7.15. The van der Waals surface area contributed by atoms with E-state index in [-0.39, 0.29) is 0 Å². The van der Waals surface area contributed by atoms with Gasteiger partial charge in [-0.1, -0.05) is 72.8 Å². The molecule has 1 heteroatoms. The first-order valence-corrected chi connectivity index (χ1v) is 13.0. The van der Waals surface area contributed by atoms with Crippen LogP contribution in [0.5, 0.6) is 0 Å². The van der Waals surface area contributed by atoms with Crippen molar-refractivity contribution in [3.05, 3.63) is 114 Å². The maximum Gasteiger partial charge on any atom is 0.0540 e. The topological polar surface area (TPSA) is 3.24 Å². The molecular weight excluding hydrogens is 410 g/mol. The normalized spacial score (nSPS) is 24.5. The van der Waals surface area contributed by atoms with Gasteiger partial charge in [-0.3, -0.25) is 0 Å². The average molecular weight is 442 g/mol. The average Bonchev–Trinajstić information content (AvgIpc) is 3.06. The summed E-state index contributed by atoms with van der Waals surface area (Å²) in [6.45, 7) is 0. The van der Waals surface area contributed by atoms with Gasteiger partial charge in [0, 0.05) is 16.9 Å². The SMILES string of the molecule is c1ccc(N(c2ccccc2)c2ccccc2-c2ccc3c(c2)C2CC4CC(CC3C4)C2)cc1. The summed E-state index contributed by atoms with van der Waals surface area (Å²) >= 11 is 0. The van der Waals surface area contributed by atoms with Crippen molar-refractivity contribution in [3.8, 4) is 11.1 Å². The van der Waals surface area contributed by atoms with Gasteiger partial charge in [-0.25, -0.2) is 0 Å². The van der Waals surface area contributed by atoms with Crippen molar-refractivity contribution in [2.24, 2.45) is 11.8 Å². The van der Waals surface area contributed by atoms with E-state index >= 15 is 0 Å². The van der Waals surface area contributed by atoms with Gasteiger partial charge in [0.25, 0.3) is 0 Å². The Bertz CT molecular complexity index is 1260. The van der Waals surface area contributed by atoms with E-state index in [1.54, 1.807) is 11.1 Å². The van der Waals surface area contributed by atoms with Crippen LogP contribution < -0.4 is 4.90 Å². The van der Waals surface area contributed by atoms with E-state index in [1.807, 2.05) is 0 Å². The third-order valence-corrected chi connectivity index (χ3v) is 8.59. The second-order valence-corrected chi connectivity index (χ2v) is 10.7. The van der Waals surface area contributed by atoms with Crippen LogP contribution in [0.15, 0.2) is 103 Å². The first-order chi connectivity index (χ1) is 16.8. The van der Waals surface area contributed by atoms with Gasteiger partial charge in [0.2, 0.25) is 0 Å². The Kier molecular flexibility index (Phi) is 4.82. The molecule has 2 atom stereocenters. The molecule has 0 spiro atoms. The number of para-hydroxylation sites is 3. The summed E-state index contributed by atoms with van der Waals surface area (Å²) in [5.74, 6) is 3.47. The Balaban J connectivity index is 1.37. The molecule has 2 saturated carbocycles. The Morgan fingerprint density at radius 3 is 1.71 bits per heavy atom. The van der Waals surface area contributed by atoms with Gasteiger partial charge >= 0.3 is 0 Å². The summed E-state index contributed by atoms with van der Waals surface area (Å²) in [7, 11) is 0. The largest absolute Gasteiger partial charge is 0.310 e. The summed E-state index contributed by atoms with van der Waals surface area (Å²) in [6, 6.07) is 37.9. The van der Waals surface area contributed by atoms with Gasteiger partial charge in [-0.15, -0.1) is 0 Å². The van der Waals surface area contributed by atoms with E-state index < -0.39 is 0 Å². The van der Waals surface area contributed by atoms with Gasteiger partial charge in [-0.05, 0) is 103 Å².